The van der Waals surface area contributed by atoms with Crippen molar-refractivity contribution in [2.45, 2.75) is 212 Å². The van der Waals surface area contributed by atoms with Crippen molar-refractivity contribution in [2.75, 3.05) is 0 Å². The topological polar surface area (TPSA) is 94.8 Å². The highest BCUT2D eigenvalue weighted by molar-refractivity contribution is 5.87. The Morgan fingerprint density at radius 1 is 0.429 bits per heavy atom. The van der Waals surface area contributed by atoms with Crippen LogP contribution in [0.4, 0.5) is 0 Å². The number of hydrogen-bond acceptors (Lipinski definition) is 5. The Bertz CT molecular complexity index is 632. The van der Waals surface area contributed by atoms with Crippen molar-refractivity contribution in [3.8, 4) is 0 Å². The number of Topliss-reactive ketones (excluding diaryl/α,β-unsaturated/α-hetero) is 2. The van der Waals surface area contributed by atoms with E-state index in [0.29, 0.717) is 12.8 Å². The number of carbonyl (C=O) groups excluding carboxylic acids is 2. The predicted molar refractivity (Wildman–Crippen MR) is 178 cm³/mol. The molecule has 0 amide bonds. The molecule has 0 bridgehead atoms. The first-order valence-electron chi connectivity index (χ1n) is 18.2. The zero-order valence-corrected chi connectivity index (χ0v) is 27.8. The Hall–Kier alpha value is -1.04. The van der Waals surface area contributed by atoms with Crippen molar-refractivity contribution < 1.29 is 24.9 Å². The smallest absolute Gasteiger partial charge is 0.164 e. The molecule has 0 spiro atoms. The Morgan fingerprint density at radius 3 is 1.00 bits per heavy atom. The molecular formula is C37H70O5. The molecule has 5 nitrogen and oxygen atoms in total. The third kappa shape index (κ3) is 25.5. The highest BCUT2D eigenvalue weighted by Crippen LogP contribution is 2.15. The minimum absolute atomic E-state index is 0.163. The highest BCUT2D eigenvalue weighted by Gasteiger charge is 2.33. The SMILES string of the molecule is CCCCCCCC/C=C\CCCCCCCC(=O)C(O)C(O)C(O)C(=O)CCCCCCCCCCCCCCC. The van der Waals surface area contributed by atoms with E-state index in [1.54, 1.807) is 0 Å². The van der Waals surface area contributed by atoms with E-state index >= 15 is 0 Å². The molecule has 0 aromatic carbocycles. The molecule has 0 aromatic rings. The van der Waals surface area contributed by atoms with Gasteiger partial charge in [0, 0.05) is 12.8 Å². The molecule has 0 saturated heterocycles. The summed E-state index contributed by atoms with van der Waals surface area (Å²) in [6, 6.07) is 0. The molecule has 0 aliphatic heterocycles. The number of carbonyl (C=O) groups is 2. The molecule has 42 heavy (non-hydrogen) atoms. The van der Waals surface area contributed by atoms with Crippen LogP contribution >= 0.6 is 0 Å². The largest absolute Gasteiger partial charge is 0.387 e. The molecule has 3 atom stereocenters. The fourth-order valence-corrected chi connectivity index (χ4v) is 5.54. The van der Waals surface area contributed by atoms with Gasteiger partial charge in [-0.05, 0) is 38.5 Å². The molecule has 3 unspecified atom stereocenters. The number of aliphatic hydroxyl groups is 3. The van der Waals surface area contributed by atoms with Crippen LogP contribution in [-0.4, -0.2) is 45.2 Å². The summed E-state index contributed by atoms with van der Waals surface area (Å²) in [7, 11) is 0. The van der Waals surface area contributed by atoms with Crippen molar-refractivity contribution in [1.82, 2.24) is 0 Å². The molecule has 0 aromatic heterocycles. The first kappa shape index (κ1) is 41.0. The first-order valence-corrected chi connectivity index (χ1v) is 18.2. The van der Waals surface area contributed by atoms with Gasteiger partial charge in [0.15, 0.2) is 11.6 Å². The van der Waals surface area contributed by atoms with Crippen molar-refractivity contribution in [3.05, 3.63) is 12.2 Å². The Kier molecular flexibility index (Phi) is 30.6. The zero-order chi connectivity index (χ0) is 31.1. The van der Waals surface area contributed by atoms with Gasteiger partial charge >= 0.3 is 0 Å². The van der Waals surface area contributed by atoms with Gasteiger partial charge in [0.25, 0.3) is 0 Å². The van der Waals surface area contributed by atoms with Gasteiger partial charge in [-0.15, -0.1) is 0 Å². The molecule has 3 N–H and O–H groups in total. The zero-order valence-electron chi connectivity index (χ0n) is 27.8. The fourth-order valence-electron chi connectivity index (χ4n) is 5.54. The second kappa shape index (κ2) is 31.4. The predicted octanol–water partition coefficient (Wildman–Crippen LogP) is 9.73. The maximum atomic E-state index is 12.3. The number of allylic oxidation sites excluding steroid dienone is 2. The maximum absolute atomic E-state index is 12.3. The molecule has 0 aliphatic rings. The molecule has 0 fully saturated rings. The monoisotopic (exact) mass is 595 g/mol. The van der Waals surface area contributed by atoms with E-state index < -0.39 is 29.9 Å². The number of ketones is 2. The van der Waals surface area contributed by atoms with Crippen molar-refractivity contribution in [1.29, 1.82) is 0 Å². The lowest BCUT2D eigenvalue weighted by molar-refractivity contribution is -0.146. The lowest BCUT2D eigenvalue weighted by atomic mass is 9.95. The second-order valence-electron chi connectivity index (χ2n) is 12.6. The van der Waals surface area contributed by atoms with E-state index in [0.717, 1.165) is 44.9 Å². The van der Waals surface area contributed by atoms with Gasteiger partial charge in [-0.25, -0.2) is 0 Å². The average Bonchev–Trinajstić information content (AvgIpc) is 2.99. The third-order valence-corrected chi connectivity index (χ3v) is 8.52. The van der Waals surface area contributed by atoms with Crippen LogP contribution in [0.2, 0.25) is 0 Å². The number of unbranched alkanes of at least 4 members (excludes halogenated alkanes) is 23. The van der Waals surface area contributed by atoms with Crippen LogP contribution in [0, 0.1) is 0 Å². The average molecular weight is 595 g/mol. The summed E-state index contributed by atoms with van der Waals surface area (Å²) in [5.74, 6) is -0.980. The summed E-state index contributed by atoms with van der Waals surface area (Å²) in [5.41, 5.74) is 0. The molecular weight excluding hydrogens is 524 g/mol. The van der Waals surface area contributed by atoms with Gasteiger partial charge in [0.1, 0.15) is 18.3 Å². The Labute approximate surface area is 260 Å². The molecule has 5 heteroatoms. The molecule has 0 rings (SSSR count). The molecule has 0 aliphatic carbocycles. The van der Waals surface area contributed by atoms with Gasteiger partial charge in [0.05, 0.1) is 0 Å². The molecule has 0 radical (unpaired) electrons. The standard InChI is InChI=1S/C37H70O5/c1-3-5-7-9-11-13-15-17-18-20-22-24-26-28-30-32-34(39)36(41)37(42)35(40)33(38)31-29-27-25-23-21-19-16-14-12-10-8-6-4-2/h17-18,35-37,40-42H,3-16,19-32H2,1-2H3/b18-17-. The normalized spacial score (nSPS) is 13.9. The lowest BCUT2D eigenvalue weighted by Gasteiger charge is -2.21. The number of rotatable bonds is 33. The van der Waals surface area contributed by atoms with Crippen molar-refractivity contribution in [3.63, 3.8) is 0 Å². The van der Waals surface area contributed by atoms with Gasteiger partial charge in [0.2, 0.25) is 0 Å². The molecule has 0 heterocycles. The van der Waals surface area contributed by atoms with Crippen LogP contribution in [0.1, 0.15) is 194 Å². The van der Waals surface area contributed by atoms with Gasteiger partial charge in [-0.2, -0.15) is 0 Å². The van der Waals surface area contributed by atoms with E-state index in [1.807, 2.05) is 0 Å². The summed E-state index contributed by atoms with van der Waals surface area (Å²) in [6.07, 6.45) is 30.7. The van der Waals surface area contributed by atoms with Gasteiger partial charge in [-0.1, -0.05) is 154 Å². The quantitative estimate of drug-likeness (QED) is 0.0519. The van der Waals surface area contributed by atoms with Crippen LogP contribution in [0.15, 0.2) is 12.2 Å². The fraction of sp³-hybridized carbons (Fsp3) is 0.892. The summed E-state index contributed by atoms with van der Waals surface area (Å²) in [4.78, 5) is 24.6. The Morgan fingerprint density at radius 2 is 0.690 bits per heavy atom. The summed E-state index contributed by atoms with van der Waals surface area (Å²) in [6.45, 7) is 4.49. The van der Waals surface area contributed by atoms with Crippen LogP contribution in [-0.2, 0) is 9.59 Å². The molecule has 248 valence electrons. The molecule has 0 saturated carbocycles. The maximum Gasteiger partial charge on any atom is 0.164 e. The van der Waals surface area contributed by atoms with Crippen LogP contribution in [0.25, 0.3) is 0 Å². The van der Waals surface area contributed by atoms with Crippen LogP contribution in [0.5, 0.6) is 0 Å². The number of aliphatic hydroxyl groups excluding tert-OH is 3. The summed E-state index contributed by atoms with van der Waals surface area (Å²) in [5, 5.41) is 30.6. The summed E-state index contributed by atoms with van der Waals surface area (Å²) < 4.78 is 0. The van der Waals surface area contributed by atoms with E-state index in [1.165, 1.54) is 109 Å². The van der Waals surface area contributed by atoms with Gasteiger partial charge < -0.3 is 15.3 Å². The Balaban J connectivity index is 3.73. The van der Waals surface area contributed by atoms with Gasteiger partial charge in [-0.3, -0.25) is 9.59 Å². The second-order valence-corrected chi connectivity index (χ2v) is 12.6. The van der Waals surface area contributed by atoms with E-state index in [2.05, 4.69) is 26.0 Å². The van der Waals surface area contributed by atoms with E-state index in [9.17, 15) is 24.9 Å². The highest BCUT2D eigenvalue weighted by atomic mass is 16.4. The van der Waals surface area contributed by atoms with Crippen LogP contribution in [0.3, 0.4) is 0 Å². The first-order chi connectivity index (χ1) is 20.5. The lowest BCUT2D eigenvalue weighted by Crippen LogP contribution is -2.45. The van der Waals surface area contributed by atoms with E-state index in [-0.39, 0.29) is 12.8 Å². The minimum Gasteiger partial charge on any atom is -0.387 e. The number of hydrogen-bond donors (Lipinski definition) is 3. The summed E-state index contributed by atoms with van der Waals surface area (Å²) >= 11 is 0. The third-order valence-electron chi connectivity index (χ3n) is 8.52. The van der Waals surface area contributed by atoms with Crippen molar-refractivity contribution in [2.24, 2.45) is 0 Å². The van der Waals surface area contributed by atoms with Crippen molar-refractivity contribution >= 4 is 11.6 Å². The van der Waals surface area contributed by atoms with Crippen LogP contribution < -0.4 is 0 Å². The minimum atomic E-state index is -1.74. The van der Waals surface area contributed by atoms with E-state index in [4.69, 9.17) is 0 Å².